The fourth-order valence-corrected chi connectivity index (χ4v) is 4.55. The molecule has 0 fully saturated rings. The quantitative estimate of drug-likeness (QED) is 0.746. The van der Waals surface area contributed by atoms with Crippen molar-refractivity contribution >= 4 is 28.2 Å². The maximum atomic E-state index is 6.08. The summed E-state index contributed by atoms with van der Waals surface area (Å²) in [6.45, 7) is 4.28. The van der Waals surface area contributed by atoms with Gasteiger partial charge in [0.05, 0.1) is 11.4 Å². The summed E-state index contributed by atoms with van der Waals surface area (Å²) < 4.78 is 2.37. The summed E-state index contributed by atoms with van der Waals surface area (Å²) in [5.74, 6) is 0.584. The third-order valence-corrected chi connectivity index (χ3v) is 5.69. The molecule has 21 heavy (non-hydrogen) atoms. The highest BCUT2D eigenvalue weighted by Gasteiger charge is 2.27. The Morgan fingerprint density at radius 2 is 2.19 bits per heavy atom. The van der Waals surface area contributed by atoms with Gasteiger partial charge in [-0.3, -0.25) is 0 Å². The smallest absolute Gasteiger partial charge is 0.146 e. The summed E-state index contributed by atoms with van der Waals surface area (Å²) in [6.07, 6.45) is 5.18. The molecule has 0 saturated heterocycles. The number of anilines is 1. The molecule has 3 aromatic rings. The molecule has 1 aliphatic rings. The standard InChI is InChI=1S/C16H18N4S/c1-9-10(2)20(16-14(9)15(17)18-8-19-16)12-4-3-5-13-11(12)6-7-21-13/h6-8,12H,3-5H2,1-2H3,(H2,17,18,19). The molecule has 1 unspecified atom stereocenters. The van der Waals surface area contributed by atoms with Crippen molar-refractivity contribution in [3.8, 4) is 0 Å². The molecule has 5 heteroatoms. The van der Waals surface area contributed by atoms with Gasteiger partial charge in [0.15, 0.2) is 0 Å². The van der Waals surface area contributed by atoms with Crippen molar-refractivity contribution in [3.63, 3.8) is 0 Å². The highest BCUT2D eigenvalue weighted by molar-refractivity contribution is 7.10. The van der Waals surface area contributed by atoms with Crippen LogP contribution in [0.25, 0.3) is 11.0 Å². The monoisotopic (exact) mass is 298 g/mol. The predicted octanol–water partition coefficient (Wildman–Crippen LogP) is 3.62. The Hall–Kier alpha value is -1.88. The predicted molar refractivity (Wildman–Crippen MR) is 86.8 cm³/mol. The van der Waals surface area contributed by atoms with Crippen LogP contribution in [0.15, 0.2) is 17.8 Å². The van der Waals surface area contributed by atoms with Gasteiger partial charge in [-0.05, 0) is 55.7 Å². The highest BCUT2D eigenvalue weighted by Crippen LogP contribution is 2.40. The van der Waals surface area contributed by atoms with Gasteiger partial charge in [0.1, 0.15) is 17.8 Å². The zero-order valence-electron chi connectivity index (χ0n) is 12.3. The summed E-state index contributed by atoms with van der Waals surface area (Å²) in [7, 11) is 0. The van der Waals surface area contributed by atoms with Gasteiger partial charge < -0.3 is 10.3 Å². The van der Waals surface area contributed by atoms with Crippen molar-refractivity contribution in [1.29, 1.82) is 0 Å². The van der Waals surface area contributed by atoms with E-state index in [-0.39, 0.29) is 0 Å². The molecule has 108 valence electrons. The Morgan fingerprint density at radius 3 is 3.05 bits per heavy atom. The molecule has 3 aromatic heterocycles. The van der Waals surface area contributed by atoms with Gasteiger partial charge in [0.25, 0.3) is 0 Å². The molecule has 4 nitrogen and oxygen atoms in total. The lowest BCUT2D eigenvalue weighted by Gasteiger charge is -2.26. The molecule has 0 spiro atoms. The van der Waals surface area contributed by atoms with Gasteiger partial charge in [-0.25, -0.2) is 9.97 Å². The van der Waals surface area contributed by atoms with Gasteiger partial charge >= 0.3 is 0 Å². The van der Waals surface area contributed by atoms with Gasteiger partial charge in [0, 0.05) is 10.6 Å². The van der Waals surface area contributed by atoms with Crippen LogP contribution >= 0.6 is 11.3 Å². The average molecular weight is 298 g/mol. The molecule has 0 saturated carbocycles. The first kappa shape index (κ1) is 12.8. The fraction of sp³-hybridized carbons (Fsp3) is 0.375. The van der Waals surface area contributed by atoms with E-state index in [1.807, 2.05) is 11.3 Å². The summed E-state index contributed by atoms with van der Waals surface area (Å²) in [4.78, 5) is 10.2. The van der Waals surface area contributed by atoms with Crippen LogP contribution < -0.4 is 5.73 Å². The summed E-state index contributed by atoms with van der Waals surface area (Å²) in [5, 5.41) is 3.22. The van der Waals surface area contributed by atoms with E-state index in [0.717, 1.165) is 17.5 Å². The number of thiophene rings is 1. The molecule has 0 bridgehead atoms. The van der Waals surface area contributed by atoms with Crippen LogP contribution in [0, 0.1) is 13.8 Å². The van der Waals surface area contributed by atoms with Crippen LogP contribution in [0.1, 0.15) is 40.6 Å². The van der Waals surface area contributed by atoms with E-state index in [2.05, 4.69) is 39.8 Å². The number of aryl methyl sites for hydroxylation is 2. The molecular weight excluding hydrogens is 280 g/mol. The fourth-order valence-electron chi connectivity index (χ4n) is 3.56. The number of nitrogens with two attached hydrogens (primary N) is 1. The Labute approximate surface area is 127 Å². The molecule has 0 aliphatic heterocycles. The first-order valence-electron chi connectivity index (χ1n) is 7.32. The van der Waals surface area contributed by atoms with Crippen LogP contribution in [0.4, 0.5) is 5.82 Å². The number of rotatable bonds is 1. The van der Waals surface area contributed by atoms with Crippen LogP contribution in [0.2, 0.25) is 0 Å². The average Bonchev–Trinajstić information content (AvgIpc) is 3.04. The van der Waals surface area contributed by atoms with Gasteiger partial charge in [-0.15, -0.1) is 11.3 Å². The number of hydrogen-bond acceptors (Lipinski definition) is 4. The lowest BCUT2D eigenvalue weighted by Crippen LogP contribution is -2.17. The van der Waals surface area contributed by atoms with E-state index in [9.17, 15) is 0 Å². The Kier molecular flexibility index (Phi) is 2.79. The zero-order chi connectivity index (χ0) is 14.6. The van der Waals surface area contributed by atoms with Crippen molar-refractivity contribution in [1.82, 2.24) is 14.5 Å². The second-order valence-corrected chi connectivity index (χ2v) is 6.75. The first-order chi connectivity index (χ1) is 10.2. The van der Waals surface area contributed by atoms with Crippen LogP contribution in [0.5, 0.6) is 0 Å². The topological polar surface area (TPSA) is 56.7 Å². The summed E-state index contributed by atoms with van der Waals surface area (Å²) in [6, 6.07) is 2.65. The minimum absolute atomic E-state index is 0.380. The number of hydrogen-bond donors (Lipinski definition) is 1. The van der Waals surface area contributed by atoms with Crippen LogP contribution in [0.3, 0.4) is 0 Å². The normalized spacial score (nSPS) is 18.1. The van der Waals surface area contributed by atoms with E-state index in [1.165, 1.54) is 34.5 Å². The third-order valence-electron chi connectivity index (χ3n) is 4.70. The minimum atomic E-state index is 0.380. The number of nitrogens with zero attached hydrogens (tertiary/aromatic N) is 3. The molecule has 3 heterocycles. The Morgan fingerprint density at radius 1 is 1.33 bits per heavy atom. The number of aromatic nitrogens is 3. The maximum absolute atomic E-state index is 6.08. The van der Waals surface area contributed by atoms with Gasteiger partial charge in [-0.1, -0.05) is 0 Å². The van der Waals surface area contributed by atoms with Gasteiger partial charge in [0.2, 0.25) is 0 Å². The molecule has 1 atom stereocenters. The van der Waals surface area contributed by atoms with Crippen molar-refractivity contribution < 1.29 is 0 Å². The van der Waals surface area contributed by atoms with Crippen molar-refractivity contribution in [2.45, 2.75) is 39.2 Å². The van der Waals surface area contributed by atoms with Crippen LogP contribution in [-0.4, -0.2) is 14.5 Å². The van der Waals surface area contributed by atoms with E-state index in [4.69, 9.17) is 5.73 Å². The first-order valence-corrected chi connectivity index (χ1v) is 8.20. The molecule has 0 amide bonds. The molecular formula is C16H18N4S. The molecule has 0 aromatic carbocycles. The molecule has 2 N–H and O–H groups in total. The SMILES string of the molecule is Cc1c(C)n(C2CCCc3sccc32)c2ncnc(N)c12. The van der Waals surface area contributed by atoms with Crippen molar-refractivity contribution in [2.75, 3.05) is 5.73 Å². The number of fused-ring (bicyclic) bond motifs is 2. The minimum Gasteiger partial charge on any atom is -0.383 e. The summed E-state index contributed by atoms with van der Waals surface area (Å²) >= 11 is 1.87. The van der Waals surface area contributed by atoms with Crippen LogP contribution in [-0.2, 0) is 6.42 Å². The highest BCUT2D eigenvalue weighted by atomic mass is 32.1. The Balaban J connectivity index is 2.01. The lowest BCUT2D eigenvalue weighted by molar-refractivity contribution is 0.496. The largest absolute Gasteiger partial charge is 0.383 e. The Bertz CT molecular complexity index is 830. The van der Waals surface area contributed by atoms with E-state index < -0.39 is 0 Å². The molecule has 4 rings (SSSR count). The zero-order valence-corrected chi connectivity index (χ0v) is 13.1. The van der Waals surface area contributed by atoms with Crippen molar-refractivity contribution in [2.24, 2.45) is 0 Å². The van der Waals surface area contributed by atoms with Gasteiger partial charge in [-0.2, -0.15) is 0 Å². The van der Waals surface area contributed by atoms with Crippen molar-refractivity contribution in [3.05, 3.63) is 39.5 Å². The second kappa shape index (κ2) is 4.56. The summed E-state index contributed by atoms with van der Waals surface area (Å²) in [5.41, 5.74) is 11.0. The number of nitrogen functional groups attached to an aromatic ring is 1. The van der Waals surface area contributed by atoms with E-state index in [0.29, 0.717) is 11.9 Å². The molecule has 1 aliphatic carbocycles. The lowest BCUT2D eigenvalue weighted by atomic mass is 9.93. The molecule has 0 radical (unpaired) electrons. The van der Waals surface area contributed by atoms with E-state index >= 15 is 0 Å². The maximum Gasteiger partial charge on any atom is 0.146 e. The second-order valence-electron chi connectivity index (χ2n) is 5.75. The third kappa shape index (κ3) is 1.73. The van der Waals surface area contributed by atoms with E-state index in [1.54, 1.807) is 6.33 Å².